The molecule has 18 heavy (non-hydrogen) atoms. The first-order valence-corrected chi connectivity index (χ1v) is 10.7. The first-order valence-electron chi connectivity index (χ1n) is 6.18. The third kappa shape index (κ3) is 3.02. The molecule has 2 nitrogen and oxygen atoms in total. The zero-order chi connectivity index (χ0) is 13.4. The van der Waals surface area contributed by atoms with Gasteiger partial charge in [-0.25, -0.2) is 0 Å². The van der Waals surface area contributed by atoms with E-state index in [1.54, 1.807) is 0 Å². The second kappa shape index (κ2) is 5.04. The molecule has 2 rings (SSSR count). The normalized spacial score (nSPS) is 23.4. The topological polar surface area (TPSA) is 18.5 Å². The highest BCUT2D eigenvalue weighted by Crippen LogP contribution is 2.33. The maximum atomic E-state index is 6.23. The summed E-state index contributed by atoms with van der Waals surface area (Å²) >= 11 is 12.5. The van der Waals surface area contributed by atoms with Crippen LogP contribution in [0.1, 0.15) is 32.3 Å². The highest BCUT2D eigenvalue weighted by Gasteiger charge is 2.33. The quantitative estimate of drug-likeness (QED) is 0.623. The molecule has 1 aromatic rings. The van der Waals surface area contributed by atoms with Crippen LogP contribution in [0, 0.1) is 0 Å². The van der Waals surface area contributed by atoms with Gasteiger partial charge in [0.2, 0.25) is 5.79 Å². The molecule has 0 aliphatic carbocycles. The summed E-state index contributed by atoms with van der Waals surface area (Å²) in [6.07, 6.45) is 1.91. The molecule has 0 bridgehead atoms. The SMILES string of the molecule is CCCC1(C)OCc2cc([Si](C)(Cl)Cl)ccc2O1. The minimum Gasteiger partial charge on any atom is -0.462 e. The largest absolute Gasteiger partial charge is 0.462 e. The average Bonchev–Trinajstić information content (AvgIpc) is 2.27. The van der Waals surface area contributed by atoms with Crippen LogP contribution in [-0.4, -0.2) is 12.5 Å². The molecule has 0 N–H and O–H groups in total. The number of halogens is 2. The molecule has 0 radical (unpaired) electrons. The van der Waals surface area contributed by atoms with Crippen LogP contribution in [0.2, 0.25) is 6.55 Å². The third-order valence-corrected chi connectivity index (χ3v) is 5.76. The maximum absolute atomic E-state index is 6.23. The van der Waals surface area contributed by atoms with Crippen LogP contribution in [0.4, 0.5) is 0 Å². The fourth-order valence-electron chi connectivity index (χ4n) is 2.13. The van der Waals surface area contributed by atoms with Crippen molar-refractivity contribution in [2.45, 2.75) is 45.6 Å². The summed E-state index contributed by atoms with van der Waals surface area (Å²) in [5.74, 6) is 0.374. The molecule has 100 valence electrons. The molecular weight excluding hydrogens is 287 g/mol. The van der Waals surface area contributed by atoms with Gasteiger partial charge >= 0.3 is 0 Å². The molecule has 1 heterocycles. The van der Waals surface area contributed by atoms with Crippen LogP contribution in [0.5, 0.6) is 5.75 Å². The molecule has 5 heteroatoms. The summed E-state index contributed by atoms with van der Waals surface area (Å²) in [4.78, 5) is 0. The Hall–Kier alpha value is -0.223. The number of rotatable bonds is 3. The number of hydrogen-bond donors (Lipinski definition) is 0. The molecule has 0 spiro atoms. The smallest absolute Gasteiger partial charge is 0.277 e. The van der Waals surface area contributed by atoms with E-state index in [1.807, 2.05) is 31.7 Å². The fraction of sp³-hybridized carbons (Fsp3) is 0.538. The van der Waals surface area contributed by atoms with E-state index in [2.05, 4.69) is 6.92 Å². The van der Waals surface area contributed by atoms with Crippen molar-refractivity contribution in [3.63, 3.8) is 0 Å². The van der Waals surface area contributed by atoms with E-state index in [0.29, 0.717) is 6.61 Å². The van der Waals surface area contributed by atoms with Gasteiger partial charge in [-0.1, -0.05) is 19.1 Å². The van der Waals surface area contributed by atoms with Crippen molar-refractivity contribution in [1.82, 2.24) is 0 Å². The van der Waals surface area contributed by atoms with E-state index in [4.69, 9.17) is 31.6 Å². The number of benzene rings is 1. The van der Waals surface area contributed by atoms with Crippen molar-refractivity contribution >= 4 is 34.0 Å². The van der Waals surface area contributed by atoms with Gasteiger partial charge < -0.3 is 9.47 Å². The van der Waals surface area contributed by atoms with Crippen molar-refractivity contribution < 1.29 is 9.47 Å². The minimum absolute atomic E-state index is 0.508. The molecule has 1 aliphatic rings. The number of ether oxygens (including phenoxy) is 2. The Labute approximate surface area is 119 Å². The third-order valence-electron chi connectivity index (χ3n) is 3.13. The second-order valence-corrected chi connectivity index (χ2v) is 12.5. The van der Waals surface area contributed by atoms with Crippen molar-refractivity contribution in [2.75, 3.05) is 0 Å². The predicted molar refractivity (Wildman–Crippen MR) is 78.1 cm³/mol. The highest BCUT2D eigenvalue weighted by molar-refractivity contribution is 7.50. The van der Waals surface area contributed by atoms with E-state index < -0.39 is 12.5 Å². The Kier molecular flexibility index (Phi) is 3.98. The zero-order valence-electron chi connectivity index (χ0n) is 10.9. The molecule has 0 amide bonds. The Morgan fingerprint density at radius 1 is 1.39 bits per heavy atom. The summed E-state index contributed by atoms with van der Waals surface area (Å²) in [6, 6.07) is 5.92. The molecule has 0 saturated heterocycles. The maximum Gasteiger partial charge on any atom is 0.277 e. The second-order valence-electron chi connectivity index (χ2n) is 4.99. The Bertz CT molecular complexity index is 445. The summed E-state index contributed by atoms with van der Waals surface area (Å²) < 4.78 is 11.7. The van der Waals surface area contributed by atoms with Gasteiger partial charge in [-0.2, -0.15) is 0 Å². The summed E-state index contributed by atoms with van der Waals surface area (Å²) in [7, 11) is 0. The van der Waals surface area contributed by atoms with Gasteiger partial charge in [-0.05, 0) is 24.2 Å². The number of hydrogen-bond acceptors (Lipinski definition) is 2. The van der Waals surface area contributed by atoms with Crippen LogP contribution in [-0.2, 0) is 11.3 Å². The molecule has 1 unspecified atom stereocenters. The van der Waals surface area contributed by atoms with Crippen LogP contribution >= 0.6 is 22.2 Å². The summed E-state index contributed by atoms with van der Waals surface area (Å²) in [5, 5.41) is 0.996. The molecule has 0 fully saturated rings. The molecule has 1 atom stereocenters. The van der Waals surface area contributed by atoms with E-state index >= 15 is 0 Å². The number of fused-ring (bicyclic) bond motifs is 1. The lowest BCUT2D eigenvalue weighted by molar-refractivity contribution is -0.197. The van der Waals surface area contributed by atoms with Crippen LogP contribution < -0.4 is 9.92 Å². The molecule has 1 aromatic carbocycles. The first-order chi connectivity index (χ1) is 8.34. The van der Waals surface area contributed by atoms with Crippen molar-refractivity contribution in [3.05, 3.63) is 23.8 Å². The van der Waals surface area contributed by atoms with E-state index in [-0.39, 0.29) is 0 Å². The Morgan fingerprint density at radius 2 is 2.11 bits per heavy atom. The highest BCUT2D eigenvalue weighted by atomic mass is 35.7. The van der Waals surface area contributed by atoms with Gasteiger partial charge in [0.25, 0.3) is 6.69 Å². The molecule has 0 aromatic heterocycles. The minimum atomic E-state index is -2.31. The van der Waals surface area contributed by atoms with Gasteiger partial charge in [-0.3, -0.25) is 0 Å². The van der Waals surface area contributed by atoms with Crippen molar-refractivity contribution in [3.8, 4) is 5.75 Å². The van der Waals surface area contributed by atoms with E-state index in [9.17, 15) is 0 Å². The van der Waals surface area contributed by atoms with Gasteiger partial charge in [0, 0.05) is 18.9 Å². The fourth-order valence-corrected chi connectivity index (χ4v) is 3.64. The van der Waals surface area contributed by atoms with Gasteiger partial charge in [0.1, 0.15) is 5.75 Å². The summed E-state index contributed by atoms with van der Waals surface area (Å²) in [6.45, 7) is 4.24. The average molecular weight is 305 g/mol. The van der Waals surface area contributed by atoms with Gasteiger partial charge in [0.05, 0.1) is 6.61 Å². The first kappa shape index (κ1) is 14.2. The lowest BCUT2D eigenvalue weighted by Crippen LogP contribution is -2.40. The van der Waals surface area contributed by atoms with Crippen molar-refractivity contribution in [2.24, 2.45) is 0 Å². The van der Waals surface area contributed by atoms with E-state index in [0.717, 1.165) is 29.3 Å². The van der Waals surface area contributed by atoms with Crippen LogP contribution in [0.15, 0.2) is 18.2 Å². The van der Waals surface area contributed by atoms with E-state index in [1.165, 1.54) is 0 Å². The lowest BCUT2D eigenvalue weighted by Gasteiger charge is -2.36. The van der Waals surface area contributed by atoms with Gasteiger partial charge in [0.15, 0.2) is 0 Å². The summed E-state index contributed by atoms with van der Waals surface area (Å²) in [5.41, 5.74) is 1.03. The van der Waals surface area contributed by atoms with Crippen LogP contribution in [0.25, 0.3) is 0 Å². The monoisotopic (exact) mass is 304 g/mol. The predicted octanol–water partition coefficient (Wildman–Crippen LogP) is 3.87. The standard InChI is InChI=1S/C13H18Cl2O2Si/c1-4-7-13(2)16-9-10-8-11(18(3,14)15)5-6-12(10)17-13/h5-6,8H,4,7,9H2,1-3H3. The van der Waals surface area contributed by atoms with Crippen LogP contribution in [0.3, 0.4) is 0 Å². The van der Waals surface area contributed by atoms with Crippen molar-refractivity contribution in [1.29, 1.82) is 0 Å². The lowest BCUT2D eigenvalue weighted by atomic mass is 10.1. The molecule has 0 saturated carbocycles. The Morgan fingerprint density at radius 3 is 2.72 bits per heavy atom. The Balaban J connectivity index is 2.26. The van der Waals surface area contributed by atoms with Gasteiger partial charge in [-0.15, -0.1) is 22.2 Å². The zero-order valence-corrected chi connectivity index (χ0v) is 13.4. The molecule has 1 aliphatic heterocycles. The molecular formula is C13H18Cl2O2Si.